The Morgan fingerprint density at radius 1 is 1.03 bits per heavy atom. The molecule has 172 valence electrons. The highest BCUT2D eigenvalue weighted by molar-refractivity contribution is 7.89. The predicted octanol–water partition coefficient (Wildman–Crippen LogP) is 2.36. The summed E-state index contributed by atoms with van der Waals surface area (Å²) in [5, 5.41) is 2.92. The van der Waals surface area contributed by atoms with Crippen LogP contribution in [0.3, 0.4) is 0 Å². The van der Waals surface area contributed by atoms with Crippen molar-refractivity contribution in [1.29, 1.82) is 0 Å². The molecule has 3 heterocycles. The number of rotatable bonds is 6. The molecule has 0 spiro atoms. The summed E-state index contributed by atoms with van der Waals surface area (Å²) in [5.74, 6) is -0.692. The van der Waals surface area contributed by atoms with Gasteiger partial charge in [-0.3, -0.25) is 9.59 Å². The first-order valence-electron chi connectivity index (χ1n) is 11.2. The Morgan fingerprint density at radius 3 is 2.53 bits per heavy atom. The van der Waals surface area contributed by atoms with E-state index in [2.05, 4.69) is 10.3 Å². The summed E-state index contributed by atoms with van der Waals surface area (Å²) < 4.78 is 27.8. The van der Waals surface area contributed by atoms with Gasteiger partial charge in [-0.1, -0.05) is 30.3 Å². The molecule has 0 radical (unpaired) electrons. The van der Waals surface area contributed by atoms with Crippen LogP contribution in [0.25, 0.3) is 0 Å². The molecule has 0 aliphatic carbocycles. The summed E-state index contributed by atoms with van der Waals surface area (Å²) in [6.07, 6.45) is 5.71. The maximum Gasteiger partial charge on any atom is 0.270 e. The minimum atomic E-state index is -3.79. The molecule has 4 rings (SSSR count). The SMILES string of the molecule is O=C(NCc1ccccc1)[C@@H]1CCCN(S(=O)(=O)c2c[nH]c(C(=O)N3CCCCC3)c2)C1. The number of hydrogen-bond donors (Lipinski definition) is 2. The van der Waals surface area contributed by atoms with Crippen LogP contribution in [0.2, 0.25) is 0 Å². The number of nitrogens with zero attached hydrogens (tertiary/aromatic N) is 2. The molecule has 2 saturated heterocycles. The van der Waals surface area contributed by atoms with Crippen LogP contribution in [0.4, 0.5) is 0 Å². The van der Waals surface area contributed by atoms with Gasteiger partial charge in [-0.2, -0.15) is 4.31 Å². The first kappa shape index (κ1) is 22.5. The second-order valence-corrected chi connectivity index (χ2v) is 10.4. The fourth-order valence-corrected chi connectivity index (χ4v) is 5.89. The van der Waals surface area contributed by atoms with E-state index < -0.39 is 15.9 Å². The number of nitrogens with one attached hydrogen (secondary N) is 2. The summed E-state index contributed by atoms with van der Waals surface area (Å²) in [6, 6.07) is 11.0. The van der Waals surface area contributed by atoms with Crippen molar-refractivity contribution in [2.45, 2.75) is 43.5 Å². The number of benzene rings is 1. The summed E-state index contributed by atoms with van der Waals surface area (Å²) in [6.45, 7) is 2.33. The molecule has 1 aromatic carbocycles. The van der Waals surface area contributed by atoms with Crippen LogP contribution < -0.4 is 5.32 Å². The fraction of sp³-hybridized carbons (Fsp3) is 0.478. The standard InChI is InChI=1S/C23H30N4O4S/c28-22(25-15-18-8-3-1-4-9-18)19-10-7-13-27(17-19)32(30,31)20-14-21(24-16-20)23(29)26-11-5-2-6-12-26/h1,3-4,8-9,14,16,19,24H,2,5-7,10-13,15,17H2,(H,25,28)/t19-/m1/s1. The smallest absolute Gasteiger partial charge is 0.270 e. The number of piperidine rings is 2. The monoisotopic (exact) mass is 458 g/mol. The summed E-state index contributed by atoms with van der Waals surface area (Å²) in [5.41, 5.74) is 1.29. The lowest BCUT2D eigenvalue weighted by molar-refractivity contribution is -0.126. The molecule has 0 unspecified atom stereocenters. The zero-order valence-electron chi connectivity index (χ0n) is 18.1. The number of sulfonamides is 1. The average Bonchev–Trinajstić information content (AvgIpc) is 3.35. The van der Waals surface area contributed by atoms with Crippen molar-refractivity contribution < 1.29 is 18.0 Å². The van der Waals surface area contributed by atoms with Crippen LogP contribution in [0.5, 0.6) is 0 Å². The number of likely N-dealkylation sites (tertiary alicyclic amines) is 1. The number of carbonyl (C=O) groups excluding carboxylic acids is 2. The van der Waals surface area contributed by atoms with Gasteiger partial charge in [0.1, 0.15) is 10.6 Å². The lowest BCUT2D eigenvalue weighted by Gasteiger charge is -2.31. The van der Waals surface area contributed by atoms with E-state index >= 15 is 0 Å². The van der Waals surface area contributed by atoms with Gasteiger partial charge in [0.15, 0.2) is 0 Å². The summed E-state index contributed by atoms with van der Waals surface area (Å²) in [7, 11) is -3.79. The van der Waals surface area contributed by atoms with Gasteiger partial charge in [0.2, 0.25) is 15.9 Å². The maximum absolute atomic E-state index is 13.2. The molecule has 9 heteroatoms. The largest absolute Gasteiger partial charge is 0.356 e. The second-order valence-electron chi connectivity index (χ2n) is 8.51. The highest BCUT2D eigenvalue weighted by Gasteiger charge is 2.34. The molecule has 2 aromatic rings. The zero-order chi connectivity index (χ0) is 22.6. The number of aromatic nitrogens is 1. The quantitative estimate of drug-likeness (QED) is 0.694. The van der Waals surface area contributed by atoms with E-state index in [-0.39, 0.29) is 23.3 Å². The molecule has 2 fully saturated rings. The van der Waals surface area contributed by atoms with Crippen LogP contribution in [0.15, 0.2) is 47.5 Å². The molecule has 1 atom stereocenters. The number of carbonyl (C=O) groups is 2. The van der Waals surface area contributed by atoms with Gasteiger partial charge in [0, 0.05) is 38.9 Å². The average molecular weight is 459 g/mol. The predicted molar refractivity (Wildman–Crippen MR) is 120 cm³/mol. The molecule has 0 saturated carbocycles. The topological polar surface area (TPSA) is 103 Å². The number of aromatic amines is 1. The Labute approximate surface area is 189 Å². The van der Waals surface area contributed by atoms with E-state index in [1.807, 2.05) is 30.3 Å². The van der Waals surface area contributed by atoms with Gasteiger partial charge in [0.25, 0.3) is 5.91 Å². The van der Waals surface area contributed by atoms with Gasteiger partial charge in [-0.15, -0.1) is 0 Å². The minimum Gasteiger partial charge on any atom is -0.356 e. The molecule has 1 aromatic heterocycles. The third-order valence-electron chi connectivity index (χ3n) is 6.23. The normalized spacial score (nSPS) is 20.1. The minimum absolute atomic E-state index is 0.0724. The van der Waals surface area contributed by atoms with E-state index in [9.17, 15) is 18.0 Å². The third-order valence-corrected chi connectivity index (χ3v) is 8.08. The summed E-state index contributed by atoms with van der Waals surface area (Å²) in [4.78, 5) is 30.0. The van der Waals surface area contributed by atoms with Gasteiger partial charge < -0.3 is 15.2 Å². The Balaban J connectivity index is 1.39. The Kier molecular flexibility index (Phi) is 6.95. The molecule has 32 heavy (non-hydrogen) atoms. The molecular formula is C23H30N4O4S. The zero-order valence-corrected chi connectivity index (χ0v) is 18.9. The van der Waals surface area contributed by atoms with E-state index in [1.54, 1.807) is 4.90 Å². The Bertz CT molecular complexity index is 1040. The Morgan fingerprint density at radius 2 is 1.78 bits per heavy atom. The van der Waals surface area contributed by atoms with Crippen molar-refractivity contribution >= 4 is 21.8 Å². The van der Waals surface area contributed by atoms with E-state index in [1.165, 1.54) is 16.6 Å². The molecule has 8 nitrogen and oxygen atoms in total. The van der Waals surface area contributed by atoms with E-state index in [0.717, 1.165) is 24.8 Å². The molecule has 2 N–H and O–H groups in total. The van der Waals surface area contributed by atoms with Crippen LogP contribution in [0, 0.1) is 5.92 Å². The Hall–Kier alpha value is -2.65. The van der Waals surface area contributed by atoms with Crippen LogP contribution in [-0.2, 0) is 21.4 Å². The molecule has 2 aliphatic rings. The lowest BCUT2D eigenvalue weighted by Crippen LogP contribution is -2.45. The van der Waals surface area contributed by atoms with Crippen molar-refractivity contribution in [3.8, 4) is 0 Å². The summed E-state index contributed by atoms with van der Waals surface area (Å²) >= 11 is 0. The second kappa shape index (κ2) is 9.87. The van der Waals surface area contributed by atoms with Gasteiger partial charge in [-0.05, 0) is 43.7 Å². The van der Waals surface area contributed by atoms with Gasteiger partial charge in [-0.25, -0.2) is 8.42 Å². The van der Waals surface area contributed by atoms with E-state index in [0.29, 0.717) is 44.7 Å². The third kappa shape index (κ3) is 5.05. The first-order valence-corrected chi connectivity index (χ1v) is 12.7. The van der Waals surface area contributed by atoms with Crippen molar-refractivity contribution in [3.05, 3.63) is 53.9 Å². The highest BCUT2D eigenvalue weighted by atomic mass is 32.2. The fourth-order valence-electron chi connectivity index (χ4n) is 4.37. The molecule has 2 amide bonds. The number of hydrogen-bond acceptors (Lipinski definition) is 4. The molecule has 2 aliphatic heterocycles. The van der Waals surface area contributed by atoms with Crippen molar-refractivity contribution in [2.75, 3.05) is 26.2 Å². The van der Waals surface area contributed by atoms with Crippen molar-refractivity contribution in [2.24, 2.45) is 5.92 Å². The highest BCUT2D eigenvalue weighted by Crippen LogP contribution is 2.25. The lowest BCUT2D eigenvalue weighted by atomic mass is 9.99. The van der Waals surface area contributed by atoms with Crippen LogP contribution in [-0.4, -0.2) is 60.6 Å². The first-order chi connectivity index (χ1) is 15.4. The van der Waals surface area contributed by atoms with Gasteiger partial charge in [0.05, 0.1) is 5.92 Å². The van der Waals surface area contributed by atoms with Crippen LogP contribution >= 0.6 is 0 Å². The van der Waals surface area contributed by atoms with Crippen LogP contribution in [0.1, 0.15) is 48.2 Å². The molecule has 0 bridgehead atoms. The van der Waals surface area contributed by atoms with E-state index in [4.69, 9.17) is 0 Å². The maximum atomic E-state index is 13.2. The van der Waals surface area contributed by atoms with Gasteiger partial charge >= 0.3 is 0 Å². The van der Waals surface area contributed by atoms with Crippen molar-refractivity contribution in [3.63, 3.8) is 0 Å². The molecular weight excluding hydrogens is 428 g/mol. The number of amides is 2. The number of H-pyrrole nitrogens is 1. The van der Waals surface area contributed by atoms with Crippen molar-refractivity contribution in [1.82, 2.24) is 19.5 Å².